The molecule has 1 saturated carbocycles. The summed E-state index contributed by atoms with van der Waals surface area (Å²) < 4.78 is 0. The summed E-state index contributed by atoms with van der Waals surface area (Å²) in [5.74, 6) is 1.56. The van der Waals surface area contributed by atoms with Crippen LogP contribution in [0.4, 0.5) is 0 Å². The Kier molecular flexibility index (Phi) is 6.55. The van der Waals surface area contributed by atoms with E-state index < -0.39 is 0 Å². The minimum absolute atomic E-state index is 0.631. The first-order chi connectivity index (χ1) is 7.74. The quantitative estimate of drug-likeness (QED) is 0.725. The van der Waals surface area contributed by atoms with Gasteiger partial charge in [-0.15, -0.1) is 0 Å². The second kappa shape index (κ2) is 7.72. The maximum atomic E-state index is 3.61. The van der Waals surface area contributed by atoms with E-state index in [0.717, 1.165) is 12.5 Å². The lowest BCUT2D eigenvalue weighted by atomic mass is 9.89. The molecule has 1 fully saturated rings. The van der Waals surface area contributed by atoms with E-state index in [9.17, 15) is 0 Å². The molecule has 0 aliphatic heterocycles. The van der Waals surface area contributed by atoms with Gasteiger partial charge in [0.25, 0.3) is 0 Å². The average molecular weight is 224 g/mol. The average Bonchev–Trinajstić information content (AvgIpc) is 2.29. The molecule has 0 spiro atoms. The Labute approximate surface area is 101 Å². The monoisotopic (exact) mass is 224 g/mol. The first kappa shape index (κ1) is 13.6. The standard InChI is InChI=1S/C14H28N2/c1-12(2)14(10-15-3)11-16-9-13-7-5-4-6-8-13/h10,12-13,15-16H,4-9,11H2,1-3H3/b14-10+. The zero-order chi connectivity index (χ0) is 11.8. The molecular formula is C14H28N2. The van der Waals surface area contributed by atoms with Crippen LogP contribution in [-0.4, -0.2) is 20.1 Å². The zero-order valence-corrected chi connectivity index (χ0v) is 11.2. The van der Waals surface area contributed by atoms with Crippen molar-refractivity contribution in [3.8, 4) is 0 Å². The Morgan fingerprint density at radius 1 is 1.25 bits per heavy atom. The summed E-state index contributed by atoms with van der Waals surface area (Å²) in [5, 5.41) is 6.75. The summed E-state index contributed by atoms with van der Waals surface area (Å²) in [6, 6.07) is 0. The summed E-state index contributed by atoms with van der Waals surface area (Å²) in [4.78, 5) is 0. The third kappa shape index (κ3) is 5.02. The predicted molar refractivity (Wildman–Crippen MR) is 71.4 cm³/mol. The van der Waals surface area contributed by atoms with Crippen molar-refractivity contribution in [3.63, 3.8) is 0 Å². The molecule has 94 valence electrons. The molecule has 0 bridgehead atoms. The number of rotatable bonds is 6. The Morgan fingerprint density at radius 2 is 1.94 bits per heavy atom. The van der Waals surface area contributed by atoms with Gasteiger partial charge in [0.1, 0.15) is 0 Å². The highest BCUT2D eigenvalue weighted by molar-refractivity contribution is 5.05. The van der Waals surface area contributed by atoms with Crippen LogP contribution in [0.2, 0.25) is 0 Å². The van der Waals surface area contributed by atoms with Gasteiger partial charge in [-0.05, 0) is 43.0 Å². The Hall–Kier alpha value is -0.500. The van der Waals surface area contributed by atoms with E-state index in [0.29, 0.717) is 5.92 Å². The highest BCUT2D eigenvalue weighted by Gasteiger charge is 2.13. The molecule has 2 heteroatoms. The van der Waals surface area contributed by atoms with Gasteiger partial charge in [-0.25, -0.2) is 0 Å². The topological polar surface area (TPSA) is 24.1 Å². The second-order valence-corrected chi connectivity index (χ2v) is 5.30. The lowest BCUT2D eigenvalue weighted by Gasteiger charge is -2.22. The van der Waals surface area contributed by atoms with Crippen LogP contribution in [0.3, 0.4) is 0 Å². The summed E-state index contributed by atoms with van der Waals surface area (Å²) in [5.41, 5.74) is 1.47. The molecular weight excluding hydrogens is 196 g/mol. The summed E-state index contributed by atoms with van der Waals surface area (Å²) in [7, 11) is 1.98. The molecule has 0 aromatic carbocycles. The third-order valence-corrected chi connectivity index (χ3v) is 3.56. The van der Waals surface area contributed by atoms with E-state index in [1.54, 1.807) is 0 Å². The van der Waals surface area contributed by atoms with Crippen molar-refractivity contribution in [2.24, 2.45) is 11.8 Å². The minimum Gasteiger partial charge on any atom is -0.394 e. The molecule has 1 aliphatic carbocycles. The SMILES string of the molecule is CN/C=C(\CNCC1CCCCC1)C(C)C. The minimum atomic E-state index is 0.631. The molecule has 1 rings (SSSR count). The fourth-order valence-electron chi connectivity index (χ4n) is 2.42. The van der Waals surface area contributed by atoms with Gasteiger partial charge in [0.15, 0.2) is 0 Å². The van der Waals surface area contributed by atoms with Crippen molar-refractivity contribution in [2.75, 3.05) is 20.1 Å². The third-order valence-electron chi connectivity index (χ3n) is 3.56. The van der Waals surface area contributed by atoms with Gasteiger partial charge in [-0.3, -0.25) is 0 Å². The normalized spacial score (nSPS) is 19.1. The summed E-state index contributed by atoms with van der Waals surface area (Å²) in [6.07, 6.45) is 9.33. The maximum absolute atomic E-state index is 3.61. The molecule has 0 aromatic rings. The predicted octanol–water partition coefficient (Wildman–Crippen LogP) is 2.92. The van der Waals surface area contributed by atoms with Crippen LogP contribution in [0.1, 0.15) is 46.0 Å². The van der Waals surface area contributed by atoms with Crippen molar-refractivity contribution in [2.45, 2.75) is 46.0 Å². The second-order valence-electron chi connectivity index (χ2n) is 5.30. The highest BCUT2D eigenvalue weighted by atomic mass is 14.9. The van der Waals surface area contributed by atoms with Gasteiger partial charge >= 0.3 is 0 Å². The Balaban J connectivity index is 2.19. The van der Waals surface area contributed by atoms with Gasteiger partial charge < -0.3 is 10.6 Å². The summed E-state index contributed by atoms with van der Waals surface area (Å²) in [6.45, 7) is 6.75. The molecule has 0 radical (unpaired) electrons. The van der Waals surface area contributed by atoms with Gasteiger partial charge in [0.05, 0.1) is 0 Å². The molecule has 0 heterocycles. The first-order valence-electron chi connectivity index (χ1n) is 6.81. The van der Waals surface area contributed by atoms with Gasteiger partial charge in [-0.1, -0.05) is 33.1 Å². The van der Waals surface area contributed by atoms with Gasteiger partial charge in [0, 0.05) is 13.6 Å². The maximum Gasteiger partial charge on any atom is 0.0184 e. The molecule has 16 heavy (non-hydrogen) atoms. The van der Waals surface area contributed by atoms with E-state index in [1.165, 1.54) is 44.2 Å². The Morgan fingerprint density at radius 3 is 2.50 bits per heavy atom. The molecule has 0 unspecified atom stereocenters. The number of hydrogen-bond acceptors (Lipinski definition) is 2. The van der Waals surface area contributed by atoms with Crippen LogP contribution in [-0.2, 0) is 0 Å². The van der Waals surface area contributed by atoms with Crippen molar-refractivity contribution in [1.29, 1.82) is 0 Å². The van der Waals surface area contributed by atoms with Crippen LogP contribution < -0.4 is 10.6 Å². The van der Waals surface area contributed by atoms with Crippen LogP contribution in [0.15, 0.2) is 11.8 Å². The molecule has 0 amide bonds. The molecule has 0 atom stereocenters. The van der Waals surface area contributed by atoms with Crippen LogP contribution in [0.5, 0.6) is 0 Å². The van der Waals surface area contributed by atoms with Crippen molar-refractivity contribution in [1.82, 2.24) is 10.6 Å². The van der Waals surface area contributed by atoms with E-state index >= 15 is 0 Å². The lowest BCUT2D eigenvalue weighted by Crippen LogP contribution is -2.27. The van der Waals surface area contributed by atoms with Gasteiger partial charge in [-0.2, -0.15) is 0 Å². The fourth-order valence-corrected chi connectivity index (χ4v) is 2.42. The molecule has 0 saturated heterocycles. The smallest absolute Gasteiger partial charge is 0.0184 e. The fraction of sp³-hybridized carbons (Fsp3) is 0.857. The highest BCUT2D eigenvalue weighted by Crippen LogP contribution is 2.22. The van der Waals surface area contributed by atoms with E-state index in [2.05, 4.69) is 30.7 Å². The van der Waals surface area contributed by atoms with Crippen molar-refractivity contribution < 1.29 is 0 Å². The molecule has 2 nitrogen and oxygen atoms in total. The lowest BCUT2D eigenvalue weighted by molar-refractivity contribution is 0.345. The summed E-state index contributed by atoms with van der Waals surface area (Å²) >= 11 is 0. The van der Waals surface area contributed by atoms with Crippen molar-refractivity contribution in [3.05, 3.63) is 11.8 Å². The zero-order valence-electron chi connectivity index (χ0n) is 11.2. The van der Waals surface area contributed by atoms with Crippen molar-refractivity contribution >= 4 is 0 Å². The van der Waals surface area contributed by atoms with Gasteiger partial charge in [0.2, 0.25) is 0 Å². The molecule has 0 aromatic heterocycles. The van der Waals surface area contributed by atoms with E-state index in [1.807, 2.05) is 7.05 Å². The van der Waals surface area contributed by atoms with E-state index in [4.69, 9.17) is 0 Å². The molecule has 1 aliphatic rings. The number of hydrogen-bond donors (Lipinski definition) is 2. The van der Waals surface area contributed by atoms with E-state index in [-0.39, 0.29) is 0 Å². The van der Waals surface area contributed by atoms with Crippen LogP contribution in [0.25, 0.3) is 0 Å². The van der Waals surface area contributed by atoms with Crippen LogP contribution in [0, 0.1) is 11.8 Å². The van der Waals surface area contributed by atoms with Crippen LogP contribution >= 0.6 is 0 Å². The largest absolute Gasteiger partial charge is 0.394 e. The Bertz CT molecular complexity index is 203. The molecule has 2 N–H and O–H groups in total. The first-order valence-corrected chi connectivity index (χ1v) is 6.81. The number of nitrogens with one attached hydrogen (secondary N) is 2.